The topological polar surface area (TPSA) is 40.5 Å². The maximum absolute atomic E-state index is 12.7. The predicted molar refractivity (Wildman–Crippen MR) is 86.2 cm³/mol. The van der Waals surface area contributed by atoms with Crippen molar-refractivity contribution in [3.63, 3.8) is 0 Å². The van der Waals surface area contributed by atoms with Gasteiger partial charge in [-0.25, -0.2) is 0 Å². The first-order chi connectivity index (χ1) is 9.99. The number of aliphatic hydroxyl groups is 1. The van der Waals surface area contributed by atoms with Crippen LogP contribution >= 0.6 is 0 Å². The van der Waals surface area contributed by atoms with E-state index in [1.165, 1.54) is 0 Å². The molecule has 0 radical (unpaired) electrons. The van der Waals surface area contributed by atoms with E-state index in [1.807, 2.05) is 36.9 Å². The van der Waals surface area contributed by atoms with Gasteiger partial charge in [0.05, 0.1) is 12.2 Å². The van der Waals surface area contributed by atoms with E-state index in [-0.39, 0.29) is 12.5 Å². The van der Waals surface area contributed by atoms with Crippen LogP contribution in [0.3, 0.4) is 0 Å². The molecule has 0 saturated carbocycles. The quantitative estimate of drug-likeness (QED) is 0.846. The zero-order valence-corrected chi connectivity index (χ0v) is 13.4. The lowest BCUT2D eigenvalue weighted by Gasteiger charge is -2.23. The summed E-state index contributed by atoms with van der Waals surface area (Å²) >= 11 is 0. The molecular formula is C18H25NO2. The Kier molecular flexibility index (Phi) is 6.98. The van der Waals surface area contributed by atoms with Crippen molar-refractivity contribution in [3.8, 4) is 11.8 Å². The second kappa shape index (κ2) is 8.49. The van der Waals surface area contributed by atoms with Crippen LogP contribution in [-0.4, -0.2) is 35.6 Å². The van der Waals surface area contributed by atoms with Gasteiger partial charge in [-0.3, -0.25) is 4.79 Å². The number of carbonyl (C=O) groups is 1. The summed E-state index contributed by atoms with van der Waals surface area (Å²) in [5, 5.41) is 8.83. The van der Waals surface area contributed by atoms with Gasteiger partial charge in [0.25, 0.3) is 5.91 Å². The molecule has 0 heterocycles. The third-order valence-corrected chi connectivity index (χ3v) is 3.12. The van der Waals surface area contributed by atoms with Gasteiger partial charge in [-0.2, -0.15) is 0 Å². The standard InChI is InChI=1S/C18H25NO2/c1-5-19(13-14(2)3)18(21)17-10-9-15(4)12-16(17)8-6-7-11-20/h9-10,12,14,20H,5,7,11,13H2,1-4H3. The van der Waals surface area contributed by atoms with E-state index in [4.69, 9.17) is 5.11 Å². The van der Waals surface area contributed by atoms with Crippen molar-refractivity contribution < 1.29 is 9.90 Å². The Morgan fingerprint density at radius 2 is 2.10 bits per heavy atom. The third-order valence-electron chi connectivity index (χ3n) is 3.12. The molecule has 0 spiro atoms. The molecule has 1 N–H and O–H groups in total. The molecule has 21 heavy (non-hydrogen) atoms. The molecule has 3 nitrogen and oxygen atoms in total. The number of benzene rings is 1. The largest absolute Gasteiger partial charge is 0.395 e. The molecule has 0 unspecified atom stereocenters. The van der Waals surface area contributed by atoms with Crippen LogP contribution in [0.2, 0.25) is 0 Å². The molecule has 1 amide bonds. The molecular weight excluding hydrogens is 262 g/mol. The van der Waals surface area contributed by atoms with Crippen molar-refractivity contribution in [1.82, 2.24) is 4.90 Å². The molecule has 0 aliphatic rings. The lowest BCUT2D eigenvalue weighted by atomic mass is 10.0. The summed E-state index contributed by atoms with van der Waals surface area (Å²) in [5.41, 5.74) is 2.47. The predicted octanol–water partition coefficient (Wildman–Crippen LogP) is 2.85. The van der Waals surface area contributed by atoms with Gasteiger partial charge in [-0.15, -0.1) is 0 Å². The van der Waals surface area contributed by atoms with Gasteiger partial charge >= 0.3 is 0 Å². The molecule has 0 bridgehead atoms. The first kappa shape index (κ1) is 17.3. The Bertz CT molecular complexity index is 538. The van der Waals surface area contributed by atoms with Gasteiger partial charge < -0.3 is 10.0 Å². The molecule has 0 aliphatic carbocycles. The molecule has 1 rings (SSSR count). The molecule has 0 aromatic heterocycles. The summed E-state index contributed by atoms with van der Waals surface area (Å²) in [6.45, 7) is 9.65. The van der Waals surface area contributed by atoms with Crippen LogP contribution in [-0.2, 0) is 0 Å². The number of aryl methyl sites for hydroxylation is 1. The smallest absolute Gasteiger partial charge is 0.255 e. The highest BCUT2D eigenvalue weighted by molar-refractivity contribution is 5.96. The summed E-state index contributed by atoms with van der Waals surface area (Å²) in [5.74, 6) is 6.37. The minimum absolute atomic E-state index is 0.0273. The van der Waals surface area contributed by atoms with Crippen LogP contribution in [0, 0.1) is 24.7 Å². The average molecular weight is 287 g/mol. The minimum atomic E-state index is 0.0273. The number of nitrogens with zero attached hydrogens (tertiary/aromatic N) is 1. The molecule has 0 aliphatic heterocycles. The van der Waals surface area contributed by atoms with Crippen molar-refractivity contribution in [2.75, 3.05) is 19.7 Å². The lowest BCUT2D eigenvalue weighted by molar-refractivity contribution is 0.0745. The van der Waals surface area contributed by atoms with E-state index < -0.39 is 0 Å². The fourth-order valence-electron chi connectivity index (χ4n) is 2.13. The van der Waals surface area contributed by atoms with E-state index >= 15 is 0 Å². The van der Waals surface area contributed by atoms with Crippen LogP contribution in [0.4, 0.5) is 0 Å². The number of carbonyl (C=O) groups excluding carboxylic acids is 1. The van der Waals surface area contributed by atoms with Crippen LogP contribution < -0.4 is 0 Å². The maximum Gasteiger partial charge on any atom is 0.255 e. The Morgan fingerprint density at radius 3 is 2.67 bits per heavy atom. The number of rotatable bonds is 5. The van der Waals surface area contributed by atoms with Crippen LogP contribution in [0.5, 0.6) is 0 Å². The zero-order chi connectivity index (χ0) is 15.8. The second-order valence-electron chi connectivity index (χ2n) is 5.56. The Morgan fingerprint density at radius 1 is 1.38 bits per heavy atom. The molecule has 0 atom stereocenters. The molecule has 0 saturated heterocycles. The summed E-state index contributed by atoms with van der Waals surface area (Å²) < 4.78 is 0. The fraction of sp³-hybridized carbons (Fsp3) is 0.500. The first-order valence-corrected chi connectivity index (χ1v) is 7.49. The van der Waals surface area contributed by atoms with E-state index in [2.05, 4.69) is 25.7 Å². The normalized spacial score (nSPS) is 10.2. The van der Waals surface area contributed by atoms with E-state index in [0.717, 1.165) is 17.7 Å². The van der Waals surface area contributed by atoms with Crippen molar-refractivity contribution in [2.24, 2.45) is 5.92 Å². The maximum atomic E-state index is 12.7. The minimum Gasteiger partial charge on any atom is -0.395 e. The molecule has 114 valence electrons. The van der Waals surface area contributed by atoms with Gasteiger partial charge in [-0.1, -0.05) is 31.8 Å². The Labute approximate surface area is 128 Å². The monoisotopic (exact) mass is 287 g/mol. The molecule has 1 aromatic rings. The summed E-state index contributed by atoms with van der Waals surface area (Å²) in [6.07, 6.45) is 0.422. The van der Waals surface area contributed by atoms with Crippen LogP contribution in [0.1, 0.15) is 48.7 Å². The van der Waals surface area contributed by atoms with Gasteiger partial charge in [0.1, 0.15) is 0 Å². The van der Waals surface area contributed by atoms with Crippen molar-refractivity contribution >= 4 is 5.91 Å². The summed E-state index contributed by atoms with van der Waals surface area (Å²) in [7, 11) is 0. The fourth-order valence-corrected chi connectivity index (χ4v) is 2.13. The number of hydrogen-bond donors (Lipinski definition) is 1. The Hall–Kier alpha value is -1.79. The van der Waals surface area contributed by atoms with Gasteiger partial charge in [0.15, 0.2) is 0 Å². The molecule has 1 aromatic carbocycles. The van der Waals surface area contributed by atoms with Gasteiger partial charge in [-0.05, 0) is 37.5 Å². The average Bonchev–Trinajstić information content (AvgIpc) is 2.44. The van der Waals surface area contributed by atoms with Crippen molar-refractivity contribution in [2.45, 2.75) is 34.1 Å². The highest BCUT2D eigenvalue weighted by Crippen LogP contribution is 2.14. The SMILES string of the molecule is CCN(CC(C)C)C(=O)c1ccc(C)cc1C#CCCO. The van der Waals surface area contributed by atoms with Gasteiger partial charge in [0.2, 0.25) is 0 Å². The van der Waals surface area contributed by atoms with E-state index in [9.17, 15) is 4.79 Å². The first-order valence-electron chi connectivity index (χ1n) is 7.49. The second-order valence-corrected chi connectivity index (χ2v) is 5.56. The van der Waals surface area contributed by atoms with Crippen LogP contribution in [0.15, 0.2) is 18.2 Å². The Balaban J connectivity index is 3.11. The van der Waals surface area contributed by atoms with Gasteiger partial charge in [0, 0.05) is 25.1 Å². The highest BCUT2D eigenvalue weighted by atomic mass is 16.2. The summed E-state index contributed by atoms with van der Waals surface area (Å²) in [6, 6.07) is 5.72. The van der Waals surface area contributed by atoms with Crippen molar-refractivity contribution in [1.29, 1.82) is 0 Å². The number of amides is 1. The zero-order valence-electron chi connectivity index (χ0n) is 13.4. The van der Waals surface area contributed by atoms with Crippen molar-refractivity contribution in [3.05, 3.63) is 34.9 Å². The molecule has 3 heteroatoms. The van der Waals surface area contributed by atoms with E-state index in [1.54, 1.807) is 0 Å². The van der Waals surface area contributed by atoms with Crippen LogP contribution in [0.25, 0.3) is 0 Å². The number of aliphatic hydroxyl groups excluding tert-OH is 1. The third kappa shape index (κ3) is 5.24. The molecule has 0 fully saturated rings. The highest BCUT2D eigenvalue weighted by Gasteiger charge is 2.17. The lowest BCUT2D eigenvalue weighted by Crippen LogP contribution is -2.34. The van der Waals surface area contributed by atoms with E-state index in [0.29, 0.717) is 24.4 Å². The number of hydrogen-bond acceptors (Lipinski definition) is 2. The summed E-state index contributed by atoms with van der Waals surface area (Å²) in [4.78, 5) is 14.5.